The molecule has 0 fully saturated rings. The van der Waals surface area contributed by atoms with E-state index >= 15 is 0 Å². The Balaban J connectivity index is 1.92. The highest BCUT2D eigenvalue weighted by atomic mass is 32.2. The van der Waals surface area contributed by atoms with Crippen LogP contribution in [-0.4, -0.2) is 14.3 Å². The zero-order valence-corrected chi connectivity index (χ0v) is 11.8. The standard InChI is InChI=1S/C15H12FNO3S/c16-12-3-1-2-10(6-12)9-21(19,20)13-4-5-14-11(7-13)8-15(18)17-14/h1-7H,8-9H2,(H,17,18). The molecule has 0 saturated carbocycles. The lowest BCUT2D eigenvalue weighted by atomic mass is 10.2. The van der Waals surface area contributed by atoms with Crippen LogP contribution in [0.25, 0.3) is 0 Å². The number of amides is 1. The minimum absolute atomic E-state index is 0.141. The Morgan fingerprint density at radius 3 is 2.71 bits per heavy atom. The monoisotopic (exact) mass is 305 g/mol. The number of hydrogen-bond acceptors (Lipinski definition) is 3. The van der Waals surface area contributed by atoms with Crippen LogP contribution in [0.5, 0.6) is 0 Å². The molecule has 3 rings (SSSR count). The van der Waals surface area contributed by atoms with Crippen LogP contribution in [0.1, 0.15) is 11.1 Å². The Bertz CT molecular complexity index is 831. The summed E-state index contributed by atoms with van der Waals surface area (Å²) in [4.78, 5) is 11.4. The molecule has 2 aromatic carbocycles. The third kappa shape index (κ3) is 2.80. The fourth-order valence-corrected chi connectivity index (χ4v) is 3.71. The van der Waals surface area contributed by atoms with Crippen molar-refractivity contribution in [1.82, 2.24) is 0 Å². The van der Waals surface area contributed by atoms with Gasteiger partial charge in [-0.25, -0.2) is 12.8 Å². The molecule has 21 heavy (non-hydrogen) atoms. The zero-order valence-electron chi connectivity index (χ0n) is 11.0. The third-order valence-electron chi connectivity index (χ3n) is 3.31. The van der Waals surface area contributed by atoms with E-state index in [1.54, 1.807) is 12.1 Å². The van der Waals surface area contributed by atoms with Gasteiger partial charge in [-0.2, -0.15) is 0 Å². The van der Waals surface area contributed by atoms with Crippen molar-refractivity contribution in [3.8, 4) is 0 Å². The number of anilines is 1. The molecule has 1 heterocycles. The van der Waals surface area contributed by atoms with Gasteiger partial charge in [0, 0.05) is 5.69 Å². The Morgan fingerprint density at radius 1 is 1.14 bits per heavy atom. The van der Waals surface area contributed by atoms with E-state index in [0.717, 1.165) is 0 Å². The largest absolute Gasteiger partial charge is 0.326 e. The van der Waals surface area contributed by atoms with Crippen LogP contribution in [0.4, 0.5) is 10.1 Å². The third-order valence-corrected chi connectivity index (χ3v) is 4.99. The molecule has 4 nitrogen and oxygen atoms in total. The maximum atomic E-state index is 13.1. The fourth-order valence-electron chi connectivity index (χ4n) is 2.33. The quantitative estimate of drug-likeness (QED) is 0.946. The van der Waals surface area contributed by atoms with E-state index in [4.69, 9.17) is 0 Å². The molecule has 0 saturated heterocycles. The number of carbonyl (C=O) groups excluding carboxylic acids is 1. The normalized spacial score (nSPS) is 13.9. The summed E-state index contributed by atoms with van der Waals surface area (Å²) in [7, 11) is -3.57. The van der Waals surface area contributed by atoms with Gasteiger partial charge in [-0.3, -0.25) is 4.79 Å². The summed E-state index contributed by atoms with van der Waals surface area (Å²) in [5.74, 6) is -0.888. The summed E-state index contributed by atoms with van der Waals surface area (Å²) < 4.78 is 37.9. The van der Waals surface area contributed by atoms with Crippen LogP contribution in [0.2, 0.25) is 0 Å². The van der Waals surface area contributed by atoms with Gasteiger partial charge >= 0.3 is 0 Å². The van der Waals surface area contributed by atoms with Gasteiger partial charge in [0.25, 0.3) is 0 Å². The van der Waals surface area contributed by atoms with E-state index in [0.29, 0.717) is 16.8 Å². The lowest BCUT2D eigenvalue weighted by Gasteiger charge is -2.07. The Hall–Kier alpha value is -2.21. The maximum Gasteiger partial charge on any atom is 0.228 e. The fraction of sp³-hybridized carbons (Fsp3) is 0.133. The van der Waals surface area contributed by atoms with E-state index in [1.807, 2.05) is 0 Å². The molecule has 0 aliphatic carbocycles. The van der Waals surface area contributed by atoms with Crippen molar-refractivity contribution in [3.05, 3.63) is 59.4 Å². The molecule has 0 spiro atoms. The van der Waals surface area contributed by atoms with E-state index < -0.39 is 15.7 Å². The molecule has 1 aliphatic heterocycles. The first-order chi connectivity index (χ1) is 9.94. The smallest absolute Gasteiger partial charge is 0.228 e. The number of rotatable bonds is 3. The van der Waals surface area contributed by atoms with Gasteiger partial charge in [-0.1, -0.05) is 12.1 Å². The summed E-state index contributed by atoms with van der Waals surface area (Å²) >= 11 is 0. The highest BCUT2D eigenvalue weighted by Crippen LogP contribution is 2.27. The lowest BCUT2D eigenvalue weighted by molar-refractivity contribution is -0.115. The van der Waals surface area contributed by atoms with Crippen LogP contribution >= 0.6 is 0 Å². The number of nitrogens with one attached hydrogen (secondary N) is 1. The van der Waals surface area contributed by atoms with E-state index in [-0.39, 0.29) is 23.0 Å². The van der Waals surface area contributed by atoms with Crippen molar-refractivity contribution in [2.24, 2.45) is 0 Å². The Labute approximate surface area is 121 Å². The summed E-state index contributed by atoms with van der Waals surface area (Å²) in [5, 5.41) is 2.65. The SMILES string of the molecule is O=C1Cc2cc(S(=O)(=O)Cc3cccc(F)c3)ccc2N1. The highest BCUT2D eigenvalue weighted by Gasteiger charge is 2.22. The Morgan fingerprint density at radius 2 is 1.95 bits per heavy atom. The van der Waals surface area contributed by atoms with E-state index in [9.17, 15) is 17.6 Å². The molecule has 0 atom stereocenters. The summed E-state index contributed by atoms with van der Waals surface area (Å²) in [6.45, 7) is 0. The molecule has 0 radical (unpaired) electrons. The van der Waals surface area contributed by atoms with E-state index in [1.165, 1.54) is 30.3 Å². The highest BCUT2D eigenvalue weighted by molar-refractivity contribution is 7.90. The number of fused-ring (bicyclic) bond motifs is 1. The summed E-state index contributed by atoms with van der Waals surface area (Å²) in [6, 6.07) is 10.1. The zero-order chi connectivity index (χ0) is 15.0. The molecule has 0 bridgehead atoms. The predicted molar refractivity (Wildman–Crippen MR) is 76.1 cm³/mol. The number of hydrogen-bond donors (Lipinski definition) is 1. The number of benzene rings is 2. The molecular weight excluding hydrogens is 293 g/mol. The van der Waals surface area contributed by atoms with Gasteiger partial charge in [0.2, 0.25) is 5.91 Å². The molecule has 6 heteroatoms. The van der Waals surface area contributed by atoms with Crippen LogP contribution in [0.15, 0.2) is 47.4 Å². The van der Waals surface area contributed by atoms with Crippen LogP contribution < -0.4 is 5.32 Å². The number of carbonyl (C=O) groups is 1. The second-order valence-electron chi connectivity index (χ2n) is 4.93. The molecule has 2 aromatic rings. The van der Waals surface area contributed by atoms with Gasteiger partial charge in [-0.15, -0.1) is 0 Å². The number of sulfone groups is 1. The van der Waals surface area contributed by atoms with Crippen molar-refractivity contribution in [3.63, 3.8) is 0 Å². The first kappa shape index (κ1) is 13.8. The molecule has 1 amide bonds. The van der Waals surface area contributed by atoms with E-state index in [2.05, 4.69) is 5.32 Å². The molecule has 1 N–H and O–H groups in total. The average molecular weight is 305 g/mol. The van der Waals surface area contributed by atoms with Crippen LogP contribution in [0, 0.1) is 5.82 Å². The van der Waals surface area contributed by atoms with Gasteiger partial charge in [0.15, 0.2) is 9.84 Å². The van der Waals surface area contributed by atoms with Gasteiger partial charge in [-0.05, 0) is 41.5 Å². The van der Waals surface area contributed by atoms with Gasteiger partial charge < -0.3 is 5.32 Å². The second-order valence-corrected chi connectivity index (χ2v) is 6.92. The first-order valence-electron chi connectivity index (χ1n) is 6.34. The average Bonchev–Trinajstić information content (AvgIpc) is 2.77. The molecule has 0 aromatic heterocycles. The van der Waals surface area contributed by atoms with Crippen molar-refractivity contribution in [2.45, 2.75) is 17.1 Å². The summed E-state index contributed by atoms with van der Waals surface area (Å²) in [6.07, 6.45) is 0.179. The van der Waals surface area contributed by atoms with Gasteiger partial charge in [0.1, 0.15) is 5.82 Å². The van der Waals surface area contributed by atoms with Crippen molar-refractivity contribution >= 4 is 21.4 Å². The Kier molecular flexibility index (Phi) is 3.25. The summed E-state index contributed by atoms with van der Waals surface area (Å²) in [5.41, 5.74) is 1.70. The second kappa shape index (κ2) is 4.96. The molecule has 1 aliphatic rings. The minimum Gasteiger partial charge on any atom is -0.326 e. The van der Waals surface area contributed by atoms with Crippen molar-refractivity contribution in [1.29, 1.82) is 0 Å². The van der Waals surface area contributed by atoms with Crippen LogP contribution in [-0.2, 0) is 26.8 Å². The van der Waals surface area contributed by atoms with Crippen molar-refractivity contribution in [2.75, 3.05) is 5.32 Å². The maximum absolute atomic E-state index is 13.1. The topological polar surface area (TPSA) is 63.2 Å². The predicted octanol–water partition coefficient (Wildman–Crippen LogP) is 2.29. The van der Waals surface area contributed by atoms with Gasteiger partial charge in [0.05, 0.1) is 17.1 Å². The number of halogens is 1. The molecular formula is C15H12FNO3S. The first-order valence-corrected chi connectivity index (χ1v) is 7.99. The molecule has 108 valence electrons. The van der Waals surface area contributed by atoms with Crippen LogP contribution in [0.3, 0.4) is 0 Å². The lowest BCUT2D eigenvalue weighted by Crippen LogP contribution is -2.05. The minimum atomic E-state index is -3.57. The molecule has 0 unspecified atom stereocenters. The van der Waals surface area contributed by atoms with Crippen molar-refractivity contribution < 1.29 is 17.6 Å².